The lowest BCUT2D eigenvalue weighted by molar-refractivity contribution is 0.628. The number of rotatable bonds is 4. The lowest BCUT2D eigenvalue weighted by Gasteiger charge is -2.03. The van der Waals surface area contributed by atoms with Crippen molar-refractivity contribution in [3.63, 3.8) is 0 Å². The third-order valence-corrected chi connectivity index (χ3v) is 4.30. The SMILES string of the molecule is C/C=C\C(Cc1ccc(-c2ccc(F)cc2)s1)=C(C)C. The number of benzene rings is 1. The number of thiophene rings is 1. The first-order valence-electron chi connectivity index (χ1n) is 6.74. The minimum Gasteiger partial charge on any atom is -0.207 e. The first kappa shape index (κ1) is 14.7. The molecule has 0 saturated heterocycles. The van der Waals surface area contributed by atoms with E-state index in [4.69, 9.17) is 0 Å². The molecular formula is C18H19FS. The summed E-state index contributed by atoms with van der Waals surface area (Å²) in [7, 11) is 0. The highest BCUT2D eigenvalue weighted by molar-refractivity contribution is 7.15. The van der Waals surface area contributed by atoms with Crippen LogP contribution in [0.25, 0.3) is 10.4 Å². The summed E-state index contributed by atoms with van der Waals surface area (Å²) in [6.07, 6.45) is 5.21. The highest BCUT2D eigenvalue weighted by atomic mass is 32.1. The Kier molecular flexibility index (Phi) is 4.91. The molecule has 2 aromatic rings. The molecule has 0 bridgehead atoms. The zero-order chi connectivity index (χ0) is 14.5. The largest absolute Gasteiger partial charge is 0.207 e. The van der Waals surface area contributed by atoms with Gasteiger partial charge in [-0.1, -0.05) is 29.9 Å². The summed E-state index contributed by atoms with van der Waals surface area (Å²) in [5.74, 6) is -0.189. The fourth-order valence-electron chi connectivity index (χ4n) is 2.03. The molecular weight excluding hydrogens is 267 g/mol. The summed E-state index contributed by atoms with van der Waals surface area (Å²) in [6, 6.07) is 11.0. The summed E-state index contributed by atoms with van der Waals surface area (Å²) in [4.78, 5) is 2.52. The molecule has 0 unspecified atom stereocenters. The molecule has 0 fully saturated rings. The van der Waals surface area contributed by atoms with Gasteiger partial charge < -0.3 is 0 Å². The van der Waals surface area contributed by atoms with Crippen LogP contribution in [0, 0.1) is 5.82 Å². The van der Waals surface area contributed by atoms with Crippen molar-refractivity contribution < 1.29 is 4.39 Å². The maximum absolute atomic E-state index is 12.9. The third kappa shape index (κ3) is 3.67. The van der Waals surface area contributed by atoms with Crippen molar-refractivity contribution in [3.8, 4) is 10.4 Å². The Labute approximate surface area is 124 Å². The molecule has 0 radical (unpaired) electrons. The number of hydrogen-bond acceptors (Lipinski definition) is 1. The summed E-state index contributed by atoms with van der Waals surface area (Å²) >= 11 is 1.77. The Hall–Kier alpha value is -1.67. The van der Waals surface area contributed by atoms with Crippen LogP contribution >= 0.6 is 11.3 Å². The normalized spacial score (nSPS) is 11.0. The molecule has 1 aromatic carbocycles. The van der Waals surface area contributed by atoms with Gasteiger partial charge in [0.1, 0.15) is 5.82 Å². The maximum Gasteiger partial charge on any atom is 0.123 e. The van der Waals surface area contributed by atoms with E-state index in [0.29, 0.717) is 0 Å². The average molecular weight is 286 g/mol. The quantitative estimate of drug-likeness (QED) is 0.604. The van der Waals surface area contributed by atoms with E-state index >= 15 is 0 Å². The zero-order valence-corrected chi connectivity index (χ0v) is 12.9. The van der Waals surface area contributed by atoms with Crippen LogP contribution in [-0.4, -0.2) is 0 Å². The van der Waals surface area contributed by atoms with Crippen LogP contribution in [0.3, 0.4) is 0 Å². The van der Waals surface area contributed by atoms with Crippen LogP contribution in [0.15, 0.2) is 59.7 Å². The molecule has 0 N–H and O–H groups in total. The third-order valence-electron chi connectivity index (χ3n) is 3.17. The number of allylic oxidation sites excluding steroid dienone is 4. The molecule has 0 atom stereocenters. The fraction of sp³-hybridized carbons (Fsp3) is 0.222. The van der Waals surface area contributed by atoms with Gasteiger partial charge in [0.05, 0.1) is 0 Å². The summed E-state index contributed by atoms with van der Waals surface area (Å²) < 4.78 is 12.9. The van der Waals surface area contributed by atoms with Gasteiger partial charge >= 0.3 is 0 Å². The van der Waals surface area contributed by atoms with Crippen molar-refractivity contribution in [2.24, 2.45) is 0 Å². The topological polar surface area (TPSA) is 0 Å². The van der Waals surface area contributed by atoms with Gasteiger partial charge in [0.25, 0.3) is 0 Å². The van der Waals surface area contributed by atoms with E-state index in [1.54, 1.807) is 11.3 Å². The monoisotopic (exact) mass is 286 g/mol. The molecule has 1 aromatic heterocycles. The van der Waals surface area contributed by atoms with Gasteiger partial charge in [-0.25, -0.2) is 4.39 Å². The van der Waals surface area contributed by atoms with E-state index in [2.05, 4.69) is 38.1 Å². The molecule has 2 heteroatoms. The average Bonchev–Trinajstić information content (AvgIpc) is 2.87. The Morgan fingerprint density at radius 1 is 1.10 bits per heavy atom. The first-order valence-corrected chi connectivity index (χ1v) is 7.55. The lowest BCUT2D eigenvalue weighted by atomic mass is 10.1. The molecule has 1 heterocycles. The maximum atomic E-state index is 12.9. The van der Waals surface area contributed by atoms with Gasteiger partial charge in [0, 0.05) is 16.2 Å². The van der Waals surface area contributed by atoms with Crippen LogP contribution in [0.5, 0.6) is 0 Å². The predicted octanol–water partition coefficient (Wildman–Crippen LogP) is 6.01. The van der Waals surface area contributed by atoms with Crippen LogP contribution < -0.4 is 0 Å². The highest BCUT2D eigenvalue weighted by Gasteiger charge is 2.05. The minimum absolute atomic E-state index is 0.189. The predicted molar refractivity (Wildman–Crippen MR) is 86.6 cm³/mol. The fourth-order valence-corrected chi connectivity index (χ4v) is 3.07. The smallest absolute Gasteiger partial charge is 0.123 e. The van der Waals surface area contributed by atoms with Crippen molar-refractivity contribution in [1.82, 2.24) is 0 Å². The van der Waals surface area contributed by atoms with Crippen molar-refractivity contribution in [2.75, 3.05) is 0 Å². The number of hydrogen-bond donors (Lipinski definition) is 0. The Morgan fingerprint density at radius 3 is 2.40 bits per heavy atom. The van der Waals surface area contributed by atoms with Gasteiger partial charge in [-0.3, -0.25) is 0 Å². The van der Waals surface area contributed by atoms with Gasteiger partial charge in [-0.2, -0.15) is 0 Å². The second-order valence-electron chi connectivity index (χ2n) is 4.97. The molecule has 0 aliphatic heterocycles. The second kappa shape index (κ2) is 6.67. The molecule has 0 aliphatic carbocycles. The summed E-state index contributed by atoms with van der Waals surface area (Å²) in [5.41, 5.74) is 3.78. The number of halogens is 1. The van der Waals surface area contributed by atoms with Crippen molar-refractivity contribution >= 4 is 11.3 Å². The molecule has 0 saturated carbocycles. The van der Waals surface area contributed by atoms with Crippen LogP contribution in [-0.2, 0) is 6.42 Å². The molecule has 0 amide bonds. The van der Waals surface area contributed by atoms with E-state index in [1.807, 2.05) is 19.1 Å². The molecule has 2 rings (SSSR count). The molecule has 104 valence electrons. The van der Waals surface area contributed by atoms with Crippen molar-refractivity contribution in [1.29, 1.82) is 0 Å². The van der Waals surface area contributed by atoms with Crippen LogP contribution in [0.2, 0.25) is 0 Å². The van der Waals surface area contributed by atoms with Gasteiger partial charge in [-0.15, -0.1) is 11.3 Å². The Morgan fingerprint density at radius 2 is 1.80 bits per heavy atom. The minimum atomic E-state index is -0.189. The van der Waals surface area contributed by atoms with E-state index in [9.17, 15) is 4.39 Å². The molecule has 0 nitrogen and oxygen atoms in total. The summed E-state index contributed by atoms with van der Waals surface area (Å²) in [5, 5.41) is 0. The molecule has 20 heavy (non-hydrogen) atoms. The van der Waals surface area contributed by atoms with Gasteiger partial charge in [0.15, 0.2) is 0 Å². The van der Waals surface area contributed by atoms with Crippen LogP contribution in [0.1, 0.15) is 25.6 Å². The Bertz CT molecular complexity index is 626. The van der Waals surface area contributed by atoms with E-state index in [-0.39, 0.29) is 5.82 Å². The van der Waals surface area contributed by atoms with Gasteiger partial charge in [0.2, 0.25) is 0 Å². The van der Waals surface area contributed by atoms with E-state index in [1.165, 1.54) is 33.0 Å². The van der Waals surface area contributed by atoms with Gasteiger partial charge in [-0.05, 0) is 56.2 Å². The zero-order valence-electron chi connectivity index (χ0n) is 12.1. The second-order valence-corrected chi connectivity index (χ2v) is 6.14. The molecule has 0 aliphatic rings. The van der Waals surface area contributed by atoms with Crippen molar-refractivity contribution in [2.45, 2.75) is 27.2 Å². The van der Waals surface area contributed by atoms with E-state index < -0.39 is 0 Å². The van der Waals surface area contributed by atoms with E-state index in [0.717, 1.165) is 12.0 Å². The first-order chi connectivity index (χ1) is 9.60. The lowest BCUT2D eigenvalue weighted by Crippen LogP contribution is -1.87. The highest BCUT2D eigenvalue weighted by Crippen LogP contribution is 2.30. The summed E-state index contributed by atoms with van der Waals surface area (Å²) in [6.45, 7) is 6.33. The standard InChI is InChI=1S/C18H19FS/c1-4-5-15(13(2)3)12-17-10-11-18(20-17)14-6-8-16(19)9-7-14/h4-11H,12H2,1-3H3/b5-4-. The molecule has 0 spiro atoms. The van der Waals surface area contributed by atoms with Crippen LogP contribution in [0.4, 0.5) is 4.39 Å². The Balaban J connectivity index is 2.21. The van der Waals surface area contributed by atoms with Crippen molar-refractivity contribution in [3.05, 3.63) is 70.4 Å².